The Bertz CT molecular complexity index is 353. The van der Waals surface area contributed by atoms with Crippen LogP contribution in [0, 0.1) is 0 Å². The molecular formula is C12H19N3O. The van der Waals surface area contributed by atoms with Crippen LogP contribution in [-0.4, -0.2) is 21.7 Å². The van der Waals surface area contributed by atoms with Gasteiger partial charge in [0.2, 0.25) is 0 Å². The lowest BCUT2D eigenvalue weighted by atomic mass is 9.95. The highest BCUT2D eigenvalue weighted by molar-refractivity contribution is 5.92. The Morgan fingerprint density at radius 2 is 2.25 bits per heavy atom. The van der Waals surface area contributed by atoms with E-state index in [0.717, 1.165) is 19.4 Å². The monoisotopic (exact) mass is 221 g/mol. The maximum atomic E-state index is 11.9. The minimum atomic E-state index is -0.0286. The van der Waals surface area contributed by atoms with Crippen molar-refractivity contribution < 1.29 is 4.79 Å². The van der Waals surface area contributed by atoms with Crippen LogP contribution in [-0.2, 0) is 6.54 Å². The molecule has 1 heterocycles. The van der Waals surface area contributed by atoms with Gasteiger partial charge in [0.15, 0.2) is 0 Å². The van der Waals surface area contributed by atoms with Crippen LogP contribution < -0.4 is 5.32 Å². The summed E-state index contributed by atoms with van der Waals surface area (Å²) >= 11 is 0. The van der Waals surface area contributed by atoms with Gasteiger partial charge < -0.3 is 5.32 Å². The van der Waals surface area contributed by atoms with Crippen molar-refractivity contribution in [2.75, 3.05) is 0 Å². The van der Waals surface area contributed by atoms with Gasteiger partial charge in [-0.25, -0.2) is 0 Å². The molecule has 0 atom stereocenters. The second kappa shape index (κ2) is 5.14. The summed E-state index contributed by atoms with van der Waals surface area (Å²) in [6.07, 6.45) is 7.83. The Balaban J connectivity index is 1.91. The van der Waals surface area contributed by atoms with Crippen LogP contribution in [0.4, 0.5) is 0 Å². The normalized spacial score (nSPS) is 17.3. The van der Waals surface area contributed by atoms with Gasteiger partial charge in [0, 0.05) is 18.8 Å². The van der Waals surface area contributed by atoms with E-state index in [-0.39, 0.29) is 5.91 Å². The molecule has 1 aliphatic carbocycles. The summed E-state index contributed by atoms with van der Waals surface area (Å²) in [5.74, 6) is -0.0286. The summed E-state index contributed by atoms with van der Waals surface area (Å²) in [5, 5.41) is 7.26. The van der Waals surface area contributed by atoms with Gasteiger partial charge >= 0.3 is 0 Å². The molecule has 1 fully saturated rings. The van der Waals surface area contributed by atoms with Crippen LogP contribution in [0.3, 0.4) is 0 Å². The van der Waals surface area contributed by atoms with Crippen molar-refractivity contribution in [3.8, 4) is 0 Å². The Kier molecular flexibility index (Phi) is 3.59. The number of nitrogens with one attached hydrogen (secondary N) is 1. The Morgan fingerprint density at radius 1 is 1.50 bits per heavy atom. The highest BCUT2D eigenvalue weighted by Gasteiger charge is 2.17. The molecule has 0 saturated heterocycles. The number of carbonyl (C=O) groups excluding carboxylic acids is 1. The van der Waals surface area contributed by atoms with Crippen molar-refractivity contribution in [2.45, 2.75) is 51.6 Å². The van der Waals surface area contributed by atoms with E-state index < -0.39 is 0 Å². The fraction of sp³-hybridized carbons (Fsp3) is 0.667. The average Bonchev–Trinajstić information content (AvgIpc) is 2.79. The van der Waals surface area contributed by atoms with Crippen molar-refractivity contribution in [2.24, 2.45) is 0 Å². The largest absolute Gasteiger partial charge is 0.348 e. The van der Waals surface area contributed by atoms with Gasteiger partial charge in [0.05, 0.1) is 0 Å². The zero-order valence-electron chi connectivity index (χ0n) is 9.78. The van der Waals surface area contributed by atoms with E-state index in [4.69, 9.17) is 0 Å². The second-order valence-electron chi connectivity index (χ2n) is 4.37. The quantitative estimate of drug-likeness (QED) is 0.848. The maximum Gasteiger partial charge on any atom is 0.271 e. The van der Waals surface area contributed by atoms with Crippen LogP contribution in [0.1, 0.15) is 49.5 Å². The van der Waals surface area contributed by atoms with Crippen molar-refractivity contribution in [1.82, 2.24) is 15.1 Å². The van der Waals surface area contributed by atoms with Crippen LogP contribution in [0.2, 0.25) is 0 Å². The molecule has 0 radical (unpaired) electrons. The number of aromatic nitrogens is 2. The number of carbonyl (C=O) groups is 1. The number of amides is 1. The number of rotatable bonds is 3. The minimum Gasteiger partial charge on any atom is -0.348 e. The average molecular weight is 221 g/mol. The molecule has 88 valence electrons. The van der Waals surface area contributed by atoms with Gasteiger partial charge in [0.25, 0.3) is 5.91 Å². The lowest BCUT2D eigenvalue weighted by Gasteiger charge is -2.22. The number of nitrogens with zero attached hydrogens (tertiary/aromatic N) is 2. The molecular weight excluding hydrogens is 202 g/mol. The van der Waals surface area contributed by atoms with Gasteiger partial charge in [-0.3, -0.25) is 9.48 Å². The van der Waals surface area contributed by atoms with Crippen LogP contribution in [0.15, 0.2) is 12.3 Å². The molecule has 1 aromatic heterocycles. The van der Waals surface area contributed by atoms with Crippen LogP contribution in [0.5, 0.6) is 0 Å². The first kappa shape index (κ1) is 11.2. The second-order valence-corrected chi connectivity index (χ2v) is 4.37. The molecule has 0 spiro atoms. The fourth-order valence-electron chi connectivity index (χ4n) is 2.17. The Hall–Kier alpha value is -1.32. The van der Waals surface area contributed by atoms with Crippen molar-refractivity contribution in [3.63, 3.8) is 0 Å². The van der Waals surface area contributed by atoms with Gasteiger partial charge in [-0.1, -0.05) is 19.3 Å². The lowest BCUT2D eigenvalue weighted by Crippen LogP contribution is -2.36. The molecule has 16 heavy (non-hydrogen) atoms. The smallest absolute Gasteiger partial charge is 0.271 e. The zero-order chi connectivity index (χ0) is 11.4. The number of aryl methyl sites for hydroxylation is 1. The predicted molar refractivity (Wildman–Crippen MR) is 62.2 cm³/mol. The highest BCUT2D eigenvalue weighted by Crippen LogP contribution is 2.17. The Morgan fingerprint density at radius 3 is 2.88 bits per heavy atom. The van der Waals surface area contributed by atoms with E-state index >= 15 is 0 Å². The summed E-state index contributed by atoms with van der Waals surface area (Å²) in [6, 6.07) is 2.13. The van der Waals surface area contributed by atoms with Gasteiger partial charge in [-0.15, -0.1) is 0 Å². The third-order valence-electron chi connectivity index (χ3n) is 3.14. The first-order valence-electron chi connectivity index (χ1n) is 6.14. The number of hydrogen-bond acceptors (Lipinski definition) is 2. The van der Waals surface area contributed by atoms with E-state index in [2.05, 4.69) is 10.4 Å². The van der Waals surface area contributed by atoms with E-state index in [1.54, 1.807) is 10.7 Å². The van der Waals surface area contributed by atoms with Crippen molar-refractivity contribution in [1.29, 1.82) is 0 Å². The summed E-state index contributed by atoms with van der Waals surface area (Å²) < 4.78 is 1.77. The minimum absolute atomic E-state index is 0.0286. The molecule has 2 rings (SSSR count). The zero-order valence-corrected chi connectivity index (χ0v) is 9.78. The molecule has 1 N–H and O–H groups in total. The highest BCUT2D eigenvalue weighted by atomic mass is 16.2. The molecule has 0 bridgehead atoms. The van der Waals surface area contributed by atoms with Crippen molar-refractivity contribution in [3.05, 3.63) is 18.0 Å². The molecule has 0 aromatic carbocycles. The van der Waals surface area contributed by atoms with Crippen molar-refractivity contribution >= 4 is 5.91 Å². The molecule has 1 aliphatic rings. The molecule has 1 saturated carbocycles. The molecule has 4 nitrogen and oxygen atoms in total. The van der Waals surface area contributed by atoms with Gasteiger partial charge in [-0.05, 0) is 25.8 Å². The van der Waals surface area contributed by atoms with Gasteiger partial charge in [-0.2, -0.15) is 5.10 Å². The molecule has 0 unspecified atom stereocenters. The maximum absolute atomic E-state index is 11.9. The first-order valence-corrected chi connectivity index (χ1v) is 6.14. The van der Waals surface area contributed by atoms with E-state index in [1.165, 1.54) is 19.3 Å². The van der Waals surface area contributed by atoms with E-state index in [9.17, 15) is 4.79 Å². The van der Waals surface area contributed by atoms with E-state index in [0.29, 0.717) is 11.7 Å². The lowest BCUT2D eigenvalue weighted by molar-refractivity contribution is 0.0922. The van der Waals surface area contributed by atoms with Gasteiger partial charge in [0.1, 0.15) is 5.69 Å². The Labute approximate surface area is 96.0 Å². The first-order chi connectivity index (χ1) is 7.79. The molecule has 1 amide bonds. The summed E-state index contributed by atoms with van der Waals surface area (Å²) in [4.78, 5) is 11.9. The van der Waals surface area contributed by atoms with Crippen LogP contribution in [0.25, 0.3) is 0 Å². The summed E-state index contributed by atoms with van der Waals surface area (Å²) in [7, 11) is 0. The molecule has 0 aliphatic heterocycles. The third-order valence-corrected chi connectivity index (χ3v) is 3.14. The SMILES string of the molecule is CCn1ccc(C(=O)NC2CCCCC2)n1. The van der Waals surface area contributed by atoms with E-state index in [1.807, 2.05) is 13.1 Å². The topological polar surface area (TPSA) is 46.9 Å². The predicted octanol–water partition coefficient (Wildman–Crippen LogP) is 1.97. The third kappa shape index (κ3) is 2.62. The molecule has 4 heteroatoms. The summed E-state index contributed by atoms with van der Waals surface area (Å²) in [6.45, 7) is 2.81. The number of hydrogen-bond donors (Lipinski definition) is 1. The standard InChI is InChI=1S/C12H19N3O/c1-2-15-9-8-11(14-15)12(16)13-10-6-4-3-5-7-10/h8-10H,2-7H2,1H3,(H,13,16). The summed E-state index contributed by atoms with van der Waals surface area (Å²) in [5.41, 5.74) is 0.535. The van der Waals surface area contributed by atoms with Crippen LogP contribution >= 0.6 is 0 Å². The molecule has 1 aromatic rings. The fourth-order valence-corrected chi connectivity index (χ4v) is 2.17.